The number of nitrogens with zero attached hydrogens (tertiary/aromatic N) is 1. The van der Waals surface area contributed by atoms with E-state index >= 15 is 0 Å². The molecule has 0 saturated carbocycles. The Morgan fingerprint density at radius 3 is 2.75 bits per heavy atom. The molecule has 1 saturated heterocycles. The van der Waals surface area contributed by atoms with E-state index in [9.17, 15) is 9.59 Å². The fourth-order valence-electron chi connectivity index (χ4n) is 3.02. The van der Waals surface area contributed by atoms with Crippen molar-refractivity contribution in [1.29, 1.82) is 0 Å². The minimum absolute atomic E-state index is 0.00988. The van der Waals surface area contributed by atoms with Gasteiger partial charge >= 0.3 is 0 Å². The molecule has 3 N–H and O–H groups in total. The molecule has 6 nitrogen and oxygen atoms in total. The third kappa shape index (κ3) is 4.06. The largest absolute Gasteiger partial charge is 0.496 e. The van der Waals surface area contributed by atoms with Crippen LogP contribution in [-0.4, -0.2) is 43.0 Å². The van der Waals surface area contributed by atoms with Crippen LogP contribution >= 0.6 is 0 Å². The summed E-state index contributed by atoms with van der Waals surface area (Å²) >= 11 is 0. The summed E-state index contributed by atoms with van der Waals surface area (Å²) in [7, 11) is 1.63. The number of nitrogens with two attached hydrogens (primary N) is 1. The third-order valence-electron chi connectivity index (χ3n) is 4.51. The first-order valence-electron chi connectivity index (χ1n) is 8.41. The zero-order valence-corrected chi connectivity index (χ0v) is 14.6. The van der Waals surface area contributed by atoms with Crippen LogP contribution in [0.25, 0.3) is 0 Å². The maximum absolute atomic E-state index is 12.6. The van der Waals surface area contributed by atoms with E-state index in [0.717, 1.165) is 24.2 Å². The molecule has 0 aromatic heterocycles. The molecule has 1 aromatic rings. The smallest absolute Gasteiger partial charge is 0.242 e. The Bertz CT molecular complexity index is 589. The van der Waals surface area contributed by atoms with Crippen molar-refractivity contribution in [3.8, 4) is 5.75 Å². The average Bonchev–Trinajstić information content (AvgIpc) is 3.08. The maximum atomic E-state index is 12.6. The Hall–Kier alpha value is -2.08. The average molecular weight is 333 g/mol. The molecule has 1 heterocycles. The SMILES string of the molecule is COc1ccccc1C1CCCN1C(=O)CNC(=O)[C@@H](N)C(C)C. The Morgan fingerprint density at radius 1 is 1.38 bits per heavy atom. The van der Waals surface area contributed by atoms with E-state index in [1.165, 1.54) is 0 Å². The number of amides is 2. The molecule has 24 heavy (non-hydrogen) atoms. The molecule has 2 atom stereocenters. The number of benzene rings is 1. The van der Waals surface area contributed by atoms with Crippen LogP contribution in [0.2, 0.25) is 0 Å². The molecular weight excluding hydrogens is 306 g/mol. The highest BCUT2D eigenvalue weighted by Gasteiger charge is 2.31. The van der Waals surface area contributed by atoms with Crippen LogP contribution in [-0.2, 0) is 9.59 Å². The first-order chi connectivity index (χ1) is 11.5. The number of carbonyl (C=O) groups excluding carboxylic acids is 2. The summed E-state index contributed by atoms with van der Waals surface area (Å²) < 4.78 is 5.42. The van der Waals surface area contributed by atoms with Gasteiger partial charge in [-0.2, -0.15) is 0 Å². The Balaban J connectivity index is 2.02. The van der Waals surface area contributed by atoms with Crippen molar-refractivity contribution in [2.75, 3.05) is 20.2 Å². The zero-order chi connectivity index (χ0) is 17.7. The fourth-order valence-corrected chi connectivity index (χ4v) is 3.02. The quantitative estimate of drug-likeness (QED) is 0.825. The van der Waals surface area contributed by atoms with Crippen LogP contribution in [0.4, 0.5) is 0 Å². The number of ether oxygens (including phenoxy) is 1. The van der Waals surface area contributed by atoms with Gasteiger partial charge in [-0.25, -0.2) is 0 Å². The lowest BCUT2D eigenvalue weighted by Gasteiger charge is -2.27. The van der Waals surface area contributed by atoms with Crippen molar-refractivity contribution in [3.05, 3.63) is 29.8 Å². The minimum atomic E-state index is -0.596. The Labute approximate surface area is 143 Å². The number of methoxy groups -OCH3 is 1. The second kappa shape index (κ2) is 8.15. The standard InChI is InChI=1S/C18H27N3O3/c1-12(2)17(19)18(23)20-11-16(22)21-10-6-8-14(21)13-7-4-5-9-15(13)24-3/h4-5,7,9,12,14,17H,6,8,10-11,19H2,1-3H3,(H,20,23)/t14?,17-/m0/s1. The third-order valence-corrected chi connectivity index (χ3v) is 4.51. The number of para-hydroxylation sites is 1. The van der Waals surface area contributed by atoms with Gasteiger partial charge < -0.3 is 20.7 Å². The highest BCUT2D eigenvalue weighted by atomic mass is 16.5. The molecule has 0 radical (unpaired) electrons. The Kier molecular flexibility index (Phi) is 6.20. The molecule has 2 rings (SSSR count). The fraction of sp³-hybridized carbons (Fsp3) is 0.556. The number of nitrogens with one attached hydrogen (secondary N) is 1. The van der Waals surface area contributed by atoms with Gasteiger partial charge in [-0.3, -0.25) is 9.59 Å². The zero-order valence-electron chi connectivity index (χ0n) is 14.6. The molecule has 0 aliphatic carbocycles. The van der Waals surface area contributed by atoms with Crippen molar-refractivity contribution in [1.82, 2.24) is 10.2 Å². The van der Waals surface area contributed by atoms with Gasteiger partial charge in [-0.15, -0.1) is 0 Å². The van der Waals surface area contributed by atoms with Crippen molar-refractivity contribution < 1.29 is 14.3 Å². The molecule has 0 spiro atoms. The van der Waals surface area contributed by atoms with Gasteiger partial charge in [0.05, 0.1) is 25.7 Å². The molecule has 1 unspecified atom stereocenters. The van der Waals surface area contributed by atoms with Crippen LogP contribution in [0.5, 0.6) is 5.75 Å². The highest BCUT2D eigenvalue weighted by Crippen LogP contribution is 2.36. The monoisotopic (exact) mass is 333 g/mol. The summed E-state index contributed by atoms with van der Waals surface area (Å²) in [6.07, 6.45) is 1.83. The van der Waals surface area contributed by atoms with Crippen LogP contribution in [0.3, 0.4) is 0 Å². The van der Waals surface area contributed by atoms with E-state index in [-0.39, 0.29) is 30.3 Å². The number of carbonyl (C=O) groups is 2. The molecular formula is C18H27N3O3. The number of hydrogen-bond acceptors (Lipinski definition) is 4. The van der Waals surface area contributed by atoms with Crippen LogP contribution in [0.1, 0.15) is 38.3 Å². The molecule has 1 fully saturated rings. The van der Waals surface area contributed by atoms with E-state index in [4.69, 9.17) is 10.5 Å². The molecule has 132 valence electrons. The lowest BCUT2D eigenvalue weighted by Crippen LogP contribution is -2.47. The molecule has 1 aliphatic heterocycles. The number of hydrogen-bond donors (Lipinski definition) is 2. The van der Waals surface area contributed by atoms with Gasteiger partial charge in [-0.1, -0.05) is 32.0 Å². The highest BCUT2D eigenvalue weighted by molar-refractivity contribution is 5.87. The van der Waals surface area contributed by atoms with E-state index < -0.39 is 6.04 Å². The maximum Gasteiger partial charge on any atom is 0.242 e. The minimum Gasteiger partial charge on any atom is -0.496 e. The van der Waals surface area contributed by atoms with Crippen LogP contribution in [0, 0.1) is 5.92 Å². The van der Waals surface area contributed by atoms with E-state index in [0.29, 0.717) is 6.54 Å². The van der Waals surface area contributed by atoms with Crippen LogP contribution in [0.15, 0.2) is 24.3 Å². The number of rotatable bonds is 6. The van der Waals surface area contributed by atoms with Gasteiger partial charge in [0, 0.05) is 12.1 Å². The van der Waals surface area contributed by atoms with Crippen molar-refractivity contribution >= 4 is 11.8 Å². The summed E-state index contributed by atoms with van der Waals surface area (Å²) in [6.45, 7) is 4.42. The summed E-state index contributed by atoms with van der Waals surface area (Å²) in [6, 6.07) is 7.15. The lowest BCUT2D eigenvalue weighted by atomic mass is 10.0. The predicted octanol–water partition coefficient (Wildman–Crippen LogP) is 1.46. The van der Waals surface area contributed by atoms with Crippen LogP contribution < -0.4 is 15.8 Å². The van der Waals surface area contributed by atoms with E-state index in [2.05, 4.69) is 5.32 Å². The molecule has 0 bridgehead atoms. The normalized spacial score (nSPS) is 18.5. The van der Waals surface area contributed by atoms with Gasteiger partial charge in [0.2, 0.25) is 11.8 Å². The summed E-state index contributed by atoms with van der Waals surface area (Å²) in [5.74, 6) is 0.445. The van der Waals surface area contributed by atoms with Crippen molar-refractivity contribution in [2.45, 2.75) is 38.8 Å². The van der Waals surface area contributed by atoms with Gasteiger partial charge in [0.25, 0.3) is 0 Å². The summed E-state index contributed by atoms with van der Waals surface area (Å²) in [5, 5.41) is 2.65. The summed E-state index contributed by atoms with van der Waals surface area (Å²) in [5.41, 5.74) is 6.81. The predicted molar refractivity (Wildman–Crippen MR) is 92.5 cm³/mol. The van der Waals surface area contributed by atoms with Crippen molar-refractivity contribution in [3.63, 3.8) is 0 Å². The topological polar surface area (TPSA) is 84.7 Å². The van der Waals surface area contributed by atoms with Gasteiger partial charge in [0.1, 0.15) is 5.75 Å². The van der Waals surface area contributed by atoms with Gasteiger partial charge in [-0.05, 0) is 24.8 Å². The summed E-state index contributed by atoms with van der Waals surface area (Å²) in [4.78, 5) is 26.3. The second-order valence-corrected chi connectivity index (χ2v) is 6.47. The lowest BCUT2D eigenvalue weighted by molar-refractivity contribution is -0.134. The molecule has 6 heteroatoms. The van der Waals surface area contributed by atoms with E-state index in [1.807, 2.05) is 43.0 Å². The first-order valence-corrected chi connectivity index (χ1v) is 8.41. The molecule has 2 amide bonds. The molecule has 1 aliphatic rings. The molecule has 1 aromatic carbocycles. The second-order valence-electron chi connectivity index (χ2n) is 6.47. The van der Waals surface area contributed by atoms with Gasteiger partial charge in [0.15, 0.2) is 0 Å². The number of likely N-dealkylation sites (tertiary alicyclic amines) is 1. The van der Waals surface area contributed by atoms with Crippen molar-refractivity contribution in [2.24, 2.45) is 11.7 Å². The Morgan fingerprint density at radius 2 is 2.08 bits per heavy atom. The van der Waals surface area contributed by atoms with E-state index in [1.54, 1.807) is 7.11 Å². The first kappa shape index (κ1) is 18.3.